The Morgan fingerprint density at radius 1 is 0.330 bits per heavy atom. The molecule has 0 aromatic carbocycles. The predicted molar refractivity (Wildman–Crippen MR) is 380 cm³/mol. The minimum absolute atomic E-state index is 0.102. The summed E-state index contributed by atoms with van der Waals surface area (Å²) in [5.74, 6) is 1.94. The quantitative estimate of drug-likeness (QED) is 0.0614. The van der Waals surface area contributed by atoms with Crippen molar-refractivity contribution in [3.8, 4) is 0 Å². The molecule has 0 aliphatic heterocycles. The molecule has 0 saturated heterocycles. The summed E-state index contributed by atoms with van der Waals surface area (Å²) in [6.45, 7) is 55.7. The summed E-state index contributed by atoms with van der Waals surface area (Å²) in [6, 6.07) is 23.3. The van der Waals surface area contributed by atoms with E-state index in [1.807, 2.05) is 54.7 Å². The number of nitrogens with one attached hydrogen (secondary N) is 3. The van der Waals surface area contributed by atoms with E-state index in [0.717, 1.165) is 87.9 Å². The Kier molecular flexibility index (Phi) is 40.9. The molecule has 94 heavy (non-hydrogen) atoms. The second-order valence-electron chi connectivity index (χ2n) is 31.4. The highest BCUT2D eigenvalue weighted by atomic mass is 19.1. The molecule has 7 rings (SSSR count). The van der Waals surface area contributed by atoms with Gasteiger partial charge < -0.3 is 30.2 Å². The van der Waals surface area contributed by atoms with E-state index in [9.17, 15) is 8.78 Å². The third-order valence-corrected chi connectivity index (χ3v) is 11.3. The van der Waals surface area contributed by atoms with Crippen molar-refractivity contribution < 1.29 is 23.0 Å². The molecule has 0 bridgehead atoms. The molecule has 7 heterocycles. The fourth-order valence-corrected chi connectivity index (χ4v) is 7.44. The van der Waals surface area contributed by atoms with Crippen LogP contribution in [0.3, 0.4) is 0 Å². The molecule has 0 fully saturated rings. The summed E-state index contributed by atoms with van der Waals surface area (Å²) in [7, 11) is 2.10. The zero-order chi connectivity index (χ0) is 70.8. The van der Waals surface area contributed by atoms with Gasteiger partial charge in [-0.2, -0.15) is 0 Å². The Morgan fingerprint density at radius 3 is 1.10 bits per heavy atom. The molecule has 0 spiro atoms. The first-order valence-corrected chi connectivity index (χ1v) is 32.6. The van der Waals surface area contributed by atoms with Crippen LogP contribution in [-0.2, 0) is 60.2 Å². The highest BCUT2D eigenvalue weighted by Crippen LogP contribution is 2.18. The average molecular weight is 1300 g/mol. The third kappa shape index (κ3) is 53.8. The summed E-state index contributed by atoms with van der Waals surface area (Å²) in [5, 5.41) is 9.88. The molecule has 17 nitrogen and oxygen atoms in total. The monoisotopic (exact) mass is 1300 g/mol. The zero-order valence-corrected chi connectivity index (χ0v) is 61.6. The molecule has 3 N–H and O–H groups in total. The van der Waals surface area contributed by atoms with E-state index < -0.39 is 0 Å². The van der Waals surface area contributed by atoms with Crippen LogP contribution in [-0.4, -0.2) is 108 Å². The second-order valence-corrected chi connectivity index (χ2v) is 31.4. The molecule has 522 valence electrons. The van der Waals surface area contributed by atoms with Gasteiger partial charge in [0.2, 0.25) is 0 Å². The zero-order valence-electron chi connectivity index (χ0n) is 61.6. The lowest BCUT2D eigenvalue weighted by Crippen LogP contribution is -2.29. The van der Waals surface area contributed by atoms with E-state index in [1.54, 1.807) is 74.0 Å². The van der Waals surface area contributed by atoms with Gasteiger partial charge in [0, 0.05) is 101 Å². The number of hydrogen-bond acceptors (Lipinski definition) is 17. The Morgan fingerprint density at radius 2 is 0.691 bits per heavy atom. The summed E-state index contributed by atoms with van der Waals surface area (Å²) >= 11 is 0. The van der Waals surface area contributed by atoms with E-state index in [-0.39, 0.29) is 39.9 Å². The Hall–Kier alpha value is -6.58. The van der Waals surface area contributed by atoms with Gasteiger partial charge in [-0.1, -0.05) is 158 Å². The van der Waals surface area contributed by atoms with E-state index in [0.29, 0.717) is 54.0 Å². The molecule has 0 radical (unpaired) electrons. The van der Waals surface area contributed by atoms with Gasteiger partial charge in [-0.15, -0.1) is 0 Å². The molecule has 7 aromatic rings. The molecule has 0 aliphatic rings. The largest absolute Gasteiger partial charge is 0.375 e. The van der Waals surface area contributed by atoms with Crippen molar-refractivity contribution in [1.82, 2.24) is 70.7 Å². The van der Waals surface area contributed by atoms with Gasteiger partial charge in [-0.25, -0.2) is 38.7 Å². The van der Waals surface area contributed by atoms with Crippen LogP contribution in [0, 0.1) is 49.5 Å². The molecular weight excluding hydrogens is 1180 g/mol. The number of aromatic nitrogens is 10. The highest BCUT2D eigenvalue weighted by Gasteiger charge is 2.16. The lowest BCUT2D eigenvalue weighted by Gasteiger charge is -2.25. The van der Waals surface area contributed by atoms with E-state index in [1.165, 1.54) is 12.1 Å². The SMILES string of the molecule is CC(C)(C)CNCc1ccccn1.CC(C)(C)CNCc1ncccc1F.CC(C)(C)CNCc1ncccn1.CC(C)(C)COCc1ccccn1.CC(C)(C)COCc1ncccc1F.CC(C)(C)COCc1ncccn1.CN(Cc1ncccn1)CC(C)(C)C. The van der Waals surface area contributed by atoms with Gasteiger partial charge in [0.25, 0.3) is 0 Å². The van der Waals surface area contributed by atoms with Crippen LogP contribution in [0.2, 0.25) is 0 Å². The molecule has 0 amide bonds. The first kappa shape index (κ1) is 85.4. The van der Waals surface area contributed by atoms with Crippen molar-refractivity contribution in [2.75, 3.05) is 53.0 Å². The van der Waals surface area contributed by atoms with Crippen LogP contribution in [0.1, 0.15) is 186 Å². The number of ether oxygens (including phenoxy) is 3. The van der Waals surface area contributed by atoms with Crippen LogP contribution in [0.5, 0.6) is 0 Å². The van der Waals surface area contributed by atoms with Crippen LogP contribution in [0.15, 0.2) is 141 Å². The minimum atomic E-state index is -0.304. The van der Waals surface area contributed by atoms with E-state index in [2.05, 4.69) is 223 Å². The third-order valence-electron chi connectivity index (χ3n) is 11.3. The summed E-state index contributed by atoms with van der Waals surface area (Å²) in [6.07, 6.45) is 17.3. The fourth-order valence-electron chi connectivity index (χ4n) is 7.44. The molecular formula is C75H120F2N14O3. The van der Waals surface area contributed by atoms with Gasteiger partial charge in [0.15, 0.2) is 5.82 Å². The first-order chi connectivity index (χ1) is 43.8. The van der Waals surface area contributed by atoms with E-state index >= 15 is 0 Å². The summed E-state index contributed by atoms with van der Waals surface area (Å²) in [5.41, 5.74) is 4.68. The lowest BCUT2D eigenvalue weighted by molar-refractivity contribution is 0.0561. The van der Waals surface area contributed by atoms with E-state index in [4.69, 9.17) is 14.2 Å². The van der Waals surface area contributed by atoms with Crippen LogP contribution < -0.4 is 16.0 Å². The summed E-state index contributed by atoms with van der Waals surface area (Å²) in [4.78, 5) is 43.3. The van der Waals surface area contributed by atoms with Crippen molar-refractivity contribution in [2.45, 2.75) is 191 Å². The topological polar surface area (TPSA) is 196 Å². The molecule has 7 aromatic heterocycles. The van der Waals surface area contributed by atoms with Crippen molar-refractivity contribution in [1.29, 1.82) is 0 Å². The van der Waals surface area contributed by atoms with Crippen molar-refractivity contribution in [3.63, 3.8) is 0 Å². The maximum atomic E-state index is 13.1. The van der Waals surface area contributed by atoms with Crippen LogP contribution in [0.4, 0.5) is 8.78 Å². The molecule has 19 heteroatoms. The standard InChI is InChI=1S/C11H17FN2.C11H16FNO.C11H19N3.C11H18N2.C11H17NO.C10H17N3.C10H16N2O/c1-11(2,3)8-13-7-10-9(12)5-4-6-14-10;1-11(2,3)8-14-7-10-9(12)5-4-6-13-10;1-11(2,3)9-14(4)8-10-12-6-5-7-13-10;1-11(2,3)9-12-8-10-6-4-5-7-13-10;1-11(2,3)9-13-8-10-6-4-5-7-12-10;1-10(2,3)8-11-7-9-12-5-4-6-13-9;1-10(2,3)8-13-7-9-11-5-4-6-12-9/h4-6,13H,7-8H2,1-3H3;4-6H,7-8H2,1-3H3;5-7H,8-9H2,1-4H3;4-7,12H,8-9H2,1-3H3;4-7H,8-9H2,1-3H3;4-6,11H,7-8H2,1-3H3;4-6H,7-8H2,1-3H3. The predicted octanol–water partition coefficient (Wildman–Crippen LogP) is 15.6. The maximum Gasteiger partial charge on any atom is 0.153 e. The lowest BCUT2D eigenvalue weighted by atomic mass is 9.96. The van der Waals surface area contributed by atoms with Crippen molar-refractivity contribution >= 4 is 0 Å². The van der Waals surface area contributed by atoms with Gasteiger partial charge in [0.1, 0.15) is 35.6 Å². The molecule has 0 aliphatic carbocycles. The molecule has 0 saturated carbocycles. The fraction of sp³-hybridized carbons (Fsp3) is 0.573. The normalized spacial score (nSPS) is 11.7. The van der Waals surface area contributed by atoms with Crippen LogP contribution in [0.25, 0.3) is 0 Å². The van der Waals surface area contributed by atoms with Gasteiger partial charge in [-0.05, 0) is 112 Å². The smallest absolute Gasteiger partial charge is 0.153 e. The Bertz CT molecular complexity index is 2660. The number of nitrogens with zero attached hydrogens (tertiary/aromatic N) is 11. The highest BCUT2D eigenvalue weighted by molar-refractivity contribution is 5.08. The number of rotatable bonds is 21. The molecule has 0 atom stereocenters. The first-order valence-electron chi connectivity index (χ1n) is 32.6. The Balaban J connectivity index is 0.000000548. The van der Waals surface area contributed by atoms with Gasteiger partial charge >= 0.3 is 0 Å². The van der Waals surface area contributed by atoms with Crippen LogP contribution >= 0.6 is 0 Å². The maximum absolute atomic E-state index is 13.1. The number of halogens is 2. The summed E-state index contributed by atoms with van der Waals surface area (Å²) < 4.78 is 42.5. The minimum Gasteiger partial charge on any atom is -0.375 e. The Labute approximate surface area is 566 Å². The number of pyridine rings is 4. The van der Waals surface area contributed by atoms with Crippen molar-refractivity contribution in [2.24, 2.45) is 37.9 Å². The molecule has 0 unspecified atom stereocenters. The van der Waals surface area contributed by atoms with Crippen molar-refractivity contribution in [3.05, 3.63) is 193 Å². The average Bonchev–Trinajstić information content (AvgIpc) is 1.45. The van der Waals surface area contributed by atoms with Gasteiger partial charge in [0.05, 0.1) is 63.2 Å². The number of hydrogen-bond donors (Lipinski definition) is 3. The second kappa shape index (κ2) is 45.0. The van der Waals surface area contributed by atoms with Gasteiger partial charge in [-0.3, -0.25) is 24.8 Å².